The van der Waals surface area contributed by atoms with Gasteiger partial charge in [-0.2, -0.15) is 0 Å². The Labute approximate surface area is 172 Å². The zero-order valence-corrected chi connectivity index (χ0v) is 18.1. The molecule has 1 saturated heterocycles. The molecule has 1 fully saturated rings. The van der Waals surface area contributed by atoms with Crippen LogP contribution in [-0.4, -0.2) is 48.5 Å². The van der Waals surface area contributed by atoms with E-state index in [0.717, 1.165) is 56.3 Å². The second-order valence-corrected chi connectivity index (χ2v) is 8.63. The van der Waals surface area contributed by atoms with Gasteiger partial charge in [-0.1, -0.05) is 18.2 Å². The number of aryl methyl sites for hydroxylation is 2. The average molecular weight is 401 g/mol. The van der Waals surface area contributed by atoms with E-state index >= 15 is 0 Å². The molecule has 2 aromatic rings. The van der Waals surface area contributed by atoms with Gasteiger partial charge in [0.2, 0.25) is 5.91 Å². The molecule has 0 unspecified atom stereocenters. The minimum absolute atomic E-state index is 0.141. The van der Waals surface area contributed by atoms with Crippen molar-refractivity contribution in [2.24, 2.45) is 5.92 Å². The monoisotopic (exact) mass is 400 g/mol. The van der Waals surface area contributed by atoms with E-state index in [1.807, 2.05) is 6.92 Å². The number of likely N-dealkylation sites (tertiary alicyclic amines) is 1. The first-order valence-corrected chi connectivity index (χ1v) is 11.2. The number of benzene rings is 1. The molecule has 1 N–H and O–H groups in total. The average Bonchev–Trinajstić information content (AvgIpc) is 3.11. The van der Waals surface area contributed by atoms with Gasteiger partial charge in [0.15, 0.2) is 0 Å². The van der Waals surface area contributed by atoms with Crippen molar-refractivity contribution in [2.75, 3.05) is 37.6 Å². The van der Waals surface area contributed by atoms with Gasteiger partial charge in [0.1, 0.15) is 0 Å². The molecule has 0 atom stereocenters. The summed E-state index contributed by atoms with van der Waals surface area (Å²) < 4.78 is 0. The smallest absolute Gasteiger partial charge is 0.223 e. The first-order valence-electron chi connectivity index (χ1n) is 10.3. The summed E-state index contributed by atoms with van der Waals surface area (Å²) >= 11 is 1.70. The number of hydrogen-bond donors (Lipinski definition) is 1. The highest BCUT2D eigenvalue weighted by Gasteiger charge is 2.25. The van der Waals surface area contributed by atoms with Crippen molar-refractivity contribution in [2.45, 2.75) is 40.2 Å². The first-order chi connectivity index (χ1) is 13.6. The number of nitrogens with zero attached hydrogens (tertiary/aromatic N) is 3. The molecule has 28 heavy (non-hydrogen) atoms. The van der Waals surface area contributed by atoms with E-state index in [2.05, 4.69) is 63.6 Å². The van der Waals surface area contributed by atoms with Gasteiger partial charge >= 0.3 is 0 Å². The SMILES string of the molecule is CCN(CCNC(=O)C1CCN(Cc2csc(C)n2)CC1)c1ccccc1C. The fourth-order valence-electron chi connectivity index (χ4n) is 3.89. The van der Waals surface area contributed by atoms with Gasteiger partial charge in [-0.05, 0) is 58.3 Å². The maximum atomic E-state index is 12.6. The molecule has 1 aromatic carbocycles. The van der Waals surface area contributed by atoms with Crippen molar-refractivity contribution < 1.29 is 4.79 Å². The van der Waals surface area contributed by atoms with E-state index in [-0.39, 0.29) is 11.8 Å². The van der Waals surface area contributed by atoms with Gasteiger partial charge in [-0.15, -0.1) is 11.3 Å². The van der Waals surface area contributed by atoms with Crippen molar-refractivity contribution >= 4 is 22.9 Å². The van der Waals surface area contributed by atoms with Crippen molar-refractivity contribution in [3.8, 4) is 0 Å². The number of carbonyl (C=O) groups is 1. The van der Waals surface area contributed by atoms with Crippen LogP contribution in [0.4, 0.5) is 5.69 Å². The number of amides is 1. The second-order valence-electron chi connectivity index (χ2n) is 7.57. The summed E-state index contributed by atoms with van der Waals surface area (Å²) in [7, 11) is 0. The third-order valence-corrected chi connectivity index (χ3v) is 6.35. The van der Waals surface area contributed by atoms with Crippen LogP contribution in [0.3, 0.4) is 0 Å². The van der Waals surface area contributed by atoms with Crippen LogP contribution in [0, 0.1) is 19.8 Å². The maximum absolute atomic E-state index is 12.6. The van der Waals surface area contributed by atoms with Crippen molar-refractivity contribution in [1.29, 1.82) is 0 Å². The first kappa shape index (κ1) is 20.8. The Hall–Kier alpha value is -1.92. The highest BCUT2D eigenvalue weighted by Crippen LogP contribution is 2.21. The van der Waals surface area contributed by atoms with Crippen molar-refractivity contribution in [1.82, 2.24) is 15.2 Å². The zero-order valence-electron chi connectivity index (χ0n) is 17.3. The summed E-state index contributed by atoms with van der Waals surface area (Å²) in [4.78, 5) is 21.9. The van der Waals surface area contributed by atoms with Gasteiger partial charge in [0, 0.05) is 43.2 Å². The molecule has 5 nitrogen and oxygen atoms in total. The number of anilines is 1. The summed E-state index contributed by atoms with van der Waals surface area (Å²) in [6.07, 6.45) is 1.87. The number of rotatable bonds is 8. The third kappa shape index (κ3) is 5.55. The number of likely N-dealkylation sites (N-methyl/N-ethyl adjacent to an activating group) is 1. The number of thiazole rings is 1. The molecule has 0 radical (unpaired) electrons. The molecule has 3 rings (SSSR count). The van der Waals surface area contributed by atoms with Gasteiger partial charge < -0.3 is 10.2 Å². The van der Waals surface area contributed by atoms with E-state index in [1.165, 1.54) is 11.3 Å². The topological polar surface area (TPSA) is 48.5 Å². The number of para-hydroxylation sites is 1. The Morgan fingerprint density at radius 3 is 2.68 bits per heavy atom. The van der Waals surface area contributed by atoms with E-state index in [9.17, 15) is 4.79 Å². The van der Waals surface area contributed by atoms with Crippen LogP contribution in [0.25, 0.3) is 0 Å². The molecule has 0 bridgehead atoms. The Morgan fingerprint density at radius 1 is 1.29 bits per heavy atom. The Balaban J connectivity index is 1.40. The van der Waals surface area contributed by atoms with Crippen LogP contribution in [0.2, 0.25) is 0 Å². The minimum atomic E-state index is 0.141. The summed E-state index contributed by atoms with van der Waals surface area (Å²) in [5.41, 5.74) is 3.68. The van der Waals surface area contributed by atoms with E-state index in [0.29, 0.717) is 6.54 Å². The lowest BCUT2D eigenvalue weighted by Gasteiger charge is -2.31. The van der Waals surface area contributed by atoms with Gasteiger partial charge in [-0.3, -0.25) is 9.69 Å². The second kappa shape index (κ2) is 10.0. The largest absolute Gasteiger partial charge is 0.370 e. The van der Waals surface area contributed by atoms with E-state index < -0.39 is 0 Å². The fourth-order valence-corrected chi connectivity index (χ4v) is 4.49. The zero-order chi connectivity index (χ0) is 19.9. The van der Waals surface area contributed by atoms with Crippen LogP contribution in [-0.2, 0) is 11.3 Å². The van der Waals surface area contributed by atoms with Crippen LogP contribution in [0.15, 0.2) is 29.6 Å². The summed E-state index contributed by atoms with van der Waals surface area (Å²) in [6.45, 7) is 11.7. The number of carbonyl (C=O) groups excluding carboxylic acids is 1. The van der Waals surface area contributed by atoms with E-state index in [4.69, 9.17) is 0 Å². The molecule has 152 valence electrons. The lowest BCUT2D eigenvalue weighted by atomic mass is 9.96. The van der Waals surface area contributed by atoms with Crippen molar-refractivity contribution in [3.63, 3.8) is 0 Å². The highest BCUT2D eigenvalue weighted by molar-refractivity contribution is 7.09. The van der Waals surface area contributed by atoms with Crippen LogP contribution >= 0.6 is 11.3 Å². The molecular formula is C22H32N4OS. The summed E-state index contributed by atoms with van der Waals surface area (Å²) in [6, 6.07) is 8.43. The molecule has 1 aliphatic rings. The molecule has 1 amide bonds. The predicted molar refractivity (Wildman–Crippen MR) is 117 cm³/mol. The number of aromatic nitrogens is 1. The maximum Gasteiger partial charge on any atom is 0.223 e. The molecule has 2 heterocycles. The Bertz CT molecular complexity index is 767. The number of nitrogens with one attached hydrogen (secondary N) is 1. The van der Waals surface area contributed by atoms with Gasteiger partial charge in [0.05, 0.1) is 10.7 Å². The summed E-state index contributed by atoms with van der Waals surface area (Å²) in [5.74, 6) is 0.354. The van der Waals surface area contributed by atoms with Gasteiger partial charge in [0.25, 0.3) is 0 Å². The fraction of sp³-hybridized carbons (Fsp3) is 0.545. The molecule has 0 aliphatic carbocycles. The molecule has 0 saturated carbocycles. The van der Waals surface area contributed by atoms with Crippen LogP contribution < -0.4 is 10.2 Å². The highest BCUT2D eigenvalue weighted by atomic mass is 32.1. The van der Waals surface area contributed by atoms with Crippen LogP contribution in [0.5, 0.6) is 0 Å². The molecule has 0 spiro atoms. The molecular weight excluding hydrogens is 368 g/mol. The van der Waals surface area contributed by atoms with Crippen LogP contribution in [0.1, 0.15) is 36.0 Å². The summed E-state index contributed by atoms with van der Waals surface area (Å²) in [5, 5.41) is 6.43. The predicted octanol–water partition coefficient (Wildman–Crippen LogP) is 3.61. The Morgan fingerprint density at radius 2 is 2.04 bits per heavy atom. The van der Waals surface area contributed by atoms with Gasteiger partial charge in [-0.25, -0.2) is 4.98 Å². The quantitative estimate of drug-likeness (QED) is 0.735. The Kier molecular flexibility index (Phi) is 7.45. The normalized spacial score (nSPS) is 15.5. The molecule has 1 aliphatic heterocycles. The van der Waals surface area contributed by atoms with Crippen molar-refractivity contribution in [3.05, 3.63) is 45.9 Å². The number of hydrogen-bond acceptors (Lipinski definition) is 5. The molecule has 1 aromatic heterocycles. The van der Waals surface area contributed by atoms with E-state index in [1.54, 1.807) is 11.3 Å². The standard InChI is InChI=1S/C22H32N4OS/c1-4-26(21-8-6-5-7-17(21)2)14-11-23-22(27)19-9-12-25(13-10-19)15-20-16-28-18(3)24-20/h5-8,16,19H,4,9-15H2,1-3H3,(H,23,27). The number of piperidine rings is 1. The third-order valence-electron chi connectivity index (χ3n) is 5.53. The minimum Gasteiger partial charge on any atom is -0.370 e. The lowest BCUT2D eigenvalue weighted by Crippen LogP contribution is -2.42. The lowest BCUT2D eigenvalue weighted by molar-refractivity contribution is -0.126. The molecule has 6 heteroatoms.